The fourth-order valence-corrected chi connectivity index (χ4v) is 4.22. The summed E-state index contributed by atoms with van der Waals surface area (Å²) >= 11 is 9.11. The van der Waals surface area contributed by atoms with Crippen molar-refractivity contribution in [2.75, 3.05) is 17.7 Å². The van der Waals surface area contributed by atoms with Crippen LogP contribution in [0.1, 0.15) is 22.3 Å². The van der Waals surface area contributed by atoms with Crippen LogP contribution in [0.2, 0.25) is 5.02 Å². The number of hydrogen-bond acceptors (Lipinski definition) is 7. The minimum Gasteiger partial charge on any atom is -0.496 e. The van der Waals surface area contributed by atoms with Crippen LogP contribution >= 0.6 is 34.7 Å². The molecule has 0 saturated carbocycles. The second kappa shape index (κ2) is 9.73. The molecule has 0 radical (unpaired) electrons. The summed E-state index contributed by atoms with van der Waals surface area (Å²) in [7, 11) is 1.43. The van der Waals surface area contributed by atoms with Crippen molar-refractivity contribution in [3.63, 3.8) is 0 Å². The molecule has 0 unspecified atom stereocenters. The molecule has 1 heterocycles. The normalized spacial score (nSPS) is 10.4. The maximum Gasteiger partial charge on any atom is 0.261 e. The summed E-state index contributed by atoms with van der Waals surface area (Å²) in [5, 5.41) is 14.8. The highest BCUT2D eigenvalue weighted by atomic mass is 35.5. The van der Waals surface area contributed by atoms with Gasteiger partial charge in [-0.15, -0.1) is 22.0 Å². The minimum atomic E-state index is -0.434. The predicted molar refractivity (Wildman–Crippen MR) is 116 cm³/mol. The molecule has 10 heteroatoms. The zero-order valence-corrected chi connectivity index (χ0v) is 18.0. The van der Waals surface area contributed by atoms with Gasteiger partial charge in [0.2, 0.25) is 11.0 Å². The Balaban J connectivity index is 1.69. The summed E-state index contributed by atoms with van der Waals surface area (Å²) in [4.78, 5) is 25.1. The van der Waals surface area contributed by atoms with Crippen molar-refractivity contribution < 1.29 is 14.3 Å². The maximum absolute atomic E-state index is 12.7. The summed E-state index contributed by atoms with van der Waals surface area (Å²) < 4.78 is 5.27. The number of carbonyl (C=O) groups is 2. The van der Waals surface area contributed by atoms with Crippen LogP contribution in [0.25, 0.3) is 0 Å². The summed E-state index contributed by atoms with van der Waals surface area (Å²) in [5.74, 6) is 0.218. The average Bonchev–Trinajstić information content (AvgIpc) is 3.15. The number of rotatable bonds is 7. The number of benzene rings is 2. The Hall–Kier alpha value is -2.62. The number of nitrogens with zero attached hydrogens (tertiary/aromatic N) is 2. The molecular formula is C19H17ClN4O3S2. The molecule has 1 aromatic heterocycles. The predicted octanol–water partition coefficient (Wildman–Crippen LogP) is 4.70. The van der Waals surface area contributed by atoms with Gasteiger partial charge in [0.1, 0.15) is 10.8 Å². The summed E-state index contributed by atoms with van der Waals surface area (Å²) in [6, 6.07) is 12.9. The largest absolute Gasteiger partial charge is 0.496 e. The summed E-state index contributed by atoms with van der Waals surface area (Å²) in [6.45, 7) is 1.37. The third kappa shape index (κ3) is 5.69. The lowest BCUT2D eigenvalue weighted by Crippen LogP contribution is -2.14. The van der Waals surface area contributed by atoms with Crippen molar-refractivity contribution in [1.82, 2.24) is 10.2 Å². The first-order valence-corrected chi connectivity index (χ1v) is 10.6. The third-order valence-electron chi connectivity index (χ3n) is 3.64. The molecule has 3 aromatic rings. The quantitative estimate of drug-likeness (QED) is 0.509. The van der Waals surface area contributed by atoms with Crippen LogP contribution in [-0.2, 0) is 10.5 Å². The molecule has 2 aromatic carbocycles. The molecule has 29 heavy (non-hydrogen) atoms. The van der Waals surface area contributed by atoms with Crippen molar-refractivity contribution in [3.8, 4) is 5.75 Å². The van der Waals surface area contributed by atoms with Gasteiger partial charge in [-0.1, -0.05) is 41.1 Å². The minimum absolute atomic E-state index is 0.224. The fourth-order valence-electron chi connectivity index (χ4n) is 2.37. The van der Waals surface area contributed by atoms with Gasteiger partial charge in [-0.3, -0.25) is 14.9 Å². The number of nitrogens with one attached hydrogen (secondary N) is 2. The van der Waals surface area contributed by atoms with E-state index >= 15 is 0 Å². The van der Waals surface area contributed by atoms with E-state index < -0.39 is 5.91 Å². The topological polar surface area (TPSA) is 93.2 Å². The van der Waals surface area contributed by atoms with Crippen LogP contribution in [-0.4, -0.2) is 29.1 Å². The molecular weight excluding hydrogens is 432 g/mol. The number of anilines is 2. The van der Waals surface area contributed by atoms with Crippen LogP contribution in [0, 0.1) is 0 Å². The van der Waals surface area contributed by atoms with Gasteiger partial charge in [0.15, 0.2) is 0 Å². The maximum atomic E-state index is 12.7. The molecule has 0 bridgehead atoms. The Bertz CT molecular complexity index is 1030. The van der Waals surface area contributed by atoms with Crippen LogP contribution in [0.5, 0.6) is 5.75 Å². The molecule has 2 amide bonds. The molecule has 2 N–H and O–H groups in total. The monoisotopic (exact) mass is 448 g/mol. The van der Waals surface area contributed by atoms with Gasteiger partial charge in [-0.2, -0.15) is 0 Å². The van der Waals surface area contributed by atoms with Crippen molar-refractivity contribution in [2.24, 2.45) is 0 Å². The highest BCUT2D eigenvalue weighted by molar-refractivity contribution is 7.98. The molecule has 0 aliphatic heterocycles. The Kier molecular flexibility index (Phi) is 7.08. The van der Waals surface area contributed by atoms with Gasteiger partial charge in [0.25, 0.3) is 5.91 Å². The lowest BCUT2D eigenvalue weighted by Gasteiger charge is -2.12. The number of aromatic nitrogens is 2. The second-order valence-electron chi connectivity index (χ2n) is 5.77. The zero-order valence-electron chi connectivity index (χ0n) is 15.6. The van der Waals surface area contributed by atoms with Crippen molar-refractivity contribution in [3.05, 3.63) is 58.1 Å². The third-order valence-corrected chi connectivity index (χ3v) is 5.99. The standard InChI is InChI=1S/C19H17ClN4O3S2/c1-11(25)21-15-9-16(27-2)13(8-14(15)20)18(26)22-19-24-23-17(29-19)10-28-12-6-4-3-5-7-12/h3-9H,10H2,1-2H3,(H,21,25)(H,22,24,26). The second-order valence-corrected chi connectivity index (χ2v) is 8.29. The van der Waals surface area contributed by atoms with E-state index in [9.17, 15) is 9.59 Å². The van der Waals surface area contributed by atoms with E-state index in [-0.39, 0.29) is 22.2 Å². The average molecular weight is 449 g/mol. The van der Waals surface area contributed by atoms with Gasteiger partial charge >= 0.3 is 0 Å². The number of hydrogen-bond donors (Lipinski definition) is 2. The first-order chi connectivity index (χ1) is 14.0. The van der Waals surface area contributed by atoms with E-state index in [1.807, 2.05) is 30.3 Å². The van der Waals surface area contributed by atoms with Gasteiger partial charge in [-0.25, -0.2) is 0 Å². The Morgan fingerprint density at radius 3 is 2.62 bits per heavy atom. The molecule has 150 valence electrons. The van der Waals surface area contributed by atoms with Crippen LogP contribution in [0.3, 0.4) is 0 Å². The SMILES string of the molecule is COc1cc(NC(C)=O)c(Cl)cc1C(=O)Nc1nnc(CSc2ccccc2)s1. The zero-order chi connectivity index (χ0) is 20.8. The number of methoxy groups -OCH3 is 1. The molecule has 0 fully saturated rings. The van der Waals surface area contributed by atoms with Crippen molar-refractivity contribution >= 4 is 57.3 Å². The van der Waals surface area contributed by atoms with Crippen molar-refractivity contribution in [1.29, 1.82) is 0 Å². The highest BCUT2D eigenvalue weighted by Gasteiger charge is 2.18. The van der Waals surface area contributed by atoms with Crippen LogP contribution < -0.4 is 15.4 Å². The number of ether oxygens (including phenoxy) is 1. The Labute approximate surface area is 180 Å². The van der Waals surface area contributed by atoms with Crippen LogP contribution in [0.4, 0.5) is 10.8 Å². The molecule has 0 spiro atoms. The number of carbonyl (C=O) groups excluding carboxylic acids is 2. The molecule has 7 nitrogen and oxygen atoms in total. The first kappa shape index (κ1) is 21.1. The summed E-state index contributed by atoms with van der Waals surface area (Å²) in [6.07, 6.45) is 0. The van der Waals surface area contributed by atoms with Gasteiger partial charge < -0.3 is 10.1 Å². The molecule has 0 atom stereocenters. The molecule has 0 aliphatic rings. The van der Waals surface area contributed by atoms with Gasteiger partial charge in [0.05, 0.1) is 29.1 Å². The van der Waals surface area contributed by atoms with Gasteiger partial charge in [-0.05, 0) is 18.2 Å². The van der Waals surface area contributed by atoms with Crippen LogP contribution in [0.15, 0.2) is 47.4 Å². The molecule has 0 aliphatic carbocycles. The smallest absolute Gasteiger partial charge is 0.261 e. The van der Waals surface area contributed by atoms with E-state index in [2.05, 4.69) is 20.8 Å². The molecule has 0 saturated heterocycles. The van der Waals surface area contributed by atoms with E-state index in [1.165, 1.54) is 37.5 Å². The van der Waals surface area contributed by atoms with Gasteiger partial charge in [0, 0.05) is 17.9 Å². The first-order valence-electron chi connectivity index (χ1n) is 8.43. The van der Waals surface area contributed by atoms with E-state index in [0.29, 0.717) is 16.6 Å². The van der Waals surface area contributed by atoms with E-state index in [1.54, 1.807) is 11.8 Å². The summed E-state index contributed by atoms with van der Waals surface area (Å²) in [5.41, 5.74) is 0.589. The lowest BCUT2D eigenvalue weighted by molar-refractivity contribution is -0.114. The van der Waals surface area contributed by atoms with E-state index in [4.69, 9.17) is 16.3 Å². The lowest BCUT2D eigenvalue weighted by atomic mass is 10.1. The number of amides is 2. The number of halogens is 1. The van der Waals surface area contributed by atoms with E-state index in [0.717, 1.165) is 9.90 Å². The Morgan fingerprint density at radius 2 is 1.93 bits per heavy atom. The highest BCUT2D eigenvalue weighted by Crippen LogP contribution is 2.32. The number of thioether (sulfide) groups is 1. The van der Waals surface area contributed by atoms with Crippen molar-refractivity contribution in [2.45, 2.75) is 17.6 Å². The molecule has 3 rings (SSSR count). The Morgan fingerprint density at radius 1 is 1.17 bits per heavy atom. The fraction of sp³-hybridized carbons (Fsp3) is 0.158.